The van der Waals surface area contributed by atoms with Crippen LogP contribution in [-0.2, 0) is 20.5 Å². The maximum Gasteiger partial charge on any atom is 0.437 e. The number of halogens is 4. The molecule has 1 aromatic heterocycles. The molecule has 1 heterocycles. The second-order valence-electron chi connectivity index (χ2n) is 4.80. The van der Waals surface area contributed by atoms with E-state index in [1.807, 2.05) is 0 Å². The number of ether oxygens (including phenoxy) is 1. The molecule has 0 bridgehead atoms. The Balaban J connectivity index is 2.85. The third-order valence-electron chi connectivity index (χ3n) is 3.13. The summed E-state index contributed by atoms with van der Waals surface area (Å²) in [6.45, 7) is 1.25. The summed E-state index contributed by atoms with van der Waals surface area (Å²) < 4.78 is 44.3. The number of carbonyl (C=O) groups is 2. The molecule has 0 amide bonds. The lowest BCUT2D eigenvalue weighted by Crippen LogP contribution is -2.19. The molecule has 0 radical (unpaired) electrons. The Bertz CT molecular complexity index is 860. The van der Waals surface area contributed by atoms with Gasteiger partial charge >= 0.3 is 18.1 Å². The number of aromatic nitrogens is 3. The molecule has 0 saturated carbocycles. The van der Waals surface area contributed by atoms with Crippen molar-refractivity contribution in [2.24, 2.45) is 0 Å². The zero-order chi connectivity index (χ0) is 19.5. The summed E-state index contributed by atoms with van der Waals surface area (Å²) in [7, 11) is 0. The van der Waals surface area contributed by atoms with Gasteiger partial charge in [0.15, 0.2) is 11.3 Å². The van der Waals surface area contributed by atoms with Crippen molar-refractivity contribution in [3.05, 3.63) is 51.8 Å². The molecule has 0 saturated heterocycles. The Morgan fingerprint density at radius 3 is 2.35 bits per heavy atom. The summed E-state index contributed by atoms with van der Waals surface area (Å²) >= 11 is 5.76. The zero-order valence-electron chi connectivity index (χ0n) is 13.1. The van der Waals surface area contributed by atoms with E-state index in [0.29, 0.717) is 0 Å². The summed E-state index contributed by atoms with van der Waals surface area (Å²) in [6.07, 6.45) is -4.93. The molecule has 0 aliphatic heterocycles. The van der Waals surface area contributed by atoms with Gasteiger partial charge in [-0.15, -0.1) is 0 Å². The van der Waals surface area contributed by atoms with Crippen molar-refractivity contribution in [3.8, 4) is 0 Å². The fourth-order valence-electron chi connectivity index (χ4n) is 2.12. The van der Waals surface area contributed by atoms with Crippen LogP contribution in [-0.4, -0.2) is 39.1 Å². The molecular formula is C15H11ClF3N3O4. The molecule has 2 N–H and O–H groups in total. The first-order valence-corrected chi connectivity index (χ1v) is 7.43. The highest BCUT2D eigenvalue weighted by Gasteiger charge is 2.40. The molecule has 0 aliphatic carbocycles. The number of carbonyl (C=O) groups excluding carboxylic acids is 1. The fraction of sp³-hybridized carbons (Fsp3) is 0.200. The Kier molecular flexibility index (Phi) is 5.66. The van der Waals surface area contributed by atoms with Gasteiger partial charge < -0.3 is 9.84 Å². The average Bonchev–Trinajstić information content (AvgIpc) is 3.02. The van der Waals surface area contributed by atoms with Crippen molar-refractivity contribution < 1.29 is 32.6 Å². The number of nitrogens with one attached hydrogen (secondary N) is 1. The molecule has 0 aliphatic rings. The molecule has 26 heavy (non-hydrogen) atoms. The van der Waals surface area contributed by atoms with Gasteiger partial charge in [-0.3, -0.25) is 0 Å². The minimum Gasteiger partial charge on any atom is -0.477 e. The number of carboxylic acid groups (broad SMARTS) is 1. The van der Waals surface area contributed by atoms with Crippen LogP contribution in [0.4, 0.5) is 13.2 Å². The highest BCUT2D eigenvalue weighted by Crippen LogP contribution is 2.36. The molecule has 1 aromatic carbocycles. The van der Waals surface area contributed by atoms with Crippen LogP contribution in [0.5, 0.6) is 0 Å². The molecule has 11 heteroatoms. The van der Waals surface area contributed by atoms with Crippen LogP contribution in [0, 0.1) is 0 Å². The summed E-state index contributed by atoms with van der Waals surface area (Å²) in [4.78, 5) is 23.7. The lowest BCUT2D eigenvalue weighted by molar-refractivity contribution is -0.144. The molecule has 2 aromatic rings. The molecule has 0 atom stereocenters. The van der Waals surface area contributed by atoms with Crippen LogP contribution < -0.4 is 0 Å². The third-order valence-corrected chi connectivity index (χ3v) is 3.38. The van der Waals surface area contributed by atoms with E-state index < -0.39 is 40.6 Å². The van der Waals surface area contributed by atoms with Gasteiger partial charge in [-0.2, -0.15) is 28.6 Å². The topological polar surface area (TPSA) is 105 Å². The number of esters is 1. The normalized spacial score (nSPS) is 12.5. The predicted octanol–water partition coefficient (Wildman–Crippen LogP) is 2.93. The van der Waals surface area contributed by atoms with E-state index in [4.69, 9.17) is 11.6 Å². The molecular weight excluding hydrogens is 379 g/mol. The fourth-order valence-corrected chi connectivity index (χ4v) is 2.24. The van der Waals surface area contributed by atoms with Gasteiger partial charge in [0.1, 0.15) is 5.69 Å². The van der Waals surface area contributed by atoms with Crippen molar-refractivity contribution >= 4 is 29.1 Å². The maximum absolute atomic E-state index is 13.2. The first kappa shape index (κ1) is 19.4. The van der Waals surface area contributed by atoms with Crippen LogP contribution in [0.1, 0.15) is 23.9 Å². The van der Waals surface area contributed by atoms with Crippen LogP contribution in [0.15, 0.2) is 29.8 Å². The number of benzene rings is 1. The standard InChI is InChI=1S/C15H11ClF3N3O4/c1-2-26-14(25)10(13(23)24)9(7-3-5-8(16)6-4-7)11-12(15(17,18)19)21-22-20-11/h3-6H,2H2,1H3,(H,23,24)(H,20,21,22)/b10-9-. The van der Waals surface area contributed by atoms with Gasteiger partial charge in [-0.05, 0) is 24.6 Å². The highest BCUT2D eigenvalue weighted by atomic mass is 35.5. The Hall–Kier alpha value is -2.88. The summed E-state index contributed by atoms with van der Waals surface area (Å²) in [5, 5.41) is 17.9. The smallest absolute Gasteiger partial charge is 0.437 e. The summed E-state index contributed by atoms with van der Waals surface area (Å²) in [5.41, 5.74) is -3.93. The van der Waals surface area contributed by atoms with E-state index in [1.165, 1.54) is 31.2 Å². The third kappa shape index (κ3) is 4.02. The monoisotopic (exact) mass is 389 g/mol. The van der Waals surface area contributed by atoms with Gasteiger partial charge in [-0.1, -0.05) is 23.7 Å². The van der Waals surface area contributed by atoms with Crippen LogP contribution in [0.25, 0.3) is 5.57 Å². The Morgan fingerprint density at radius 2 is 1.85 bits per heavy atom. The largest absolute Gasteiger partial charge is 0.477 e. The summed E-state index contributed by atoms with van der Waals surface area (Å²) in [6, 6.07) is 5.17. The van der Waals surface area contributed by atoms with Crippen molar-refractivity contribution in [1.29, 1.82) is 0 Å². The number of hydrogen-bond donors (Lipinski definition) is 2. The SMILES string of the molecule is CCOC(=O)/C(C(=O)O)=C(/c1ccc(Cl)cc1)c1n[nH]nc1C(F)(F)F. The molecule has 2 rings (SSSR count). The number of aliphatic carboxylic acids is 1. The number of hydrogen-bond acceptors (Lipinski definition) is 5. The number of aromatic amines is 1. The van der Waals surface area contributed by atoms with Crippen molar-refractivity contribution in [2.45, 2.75) is 13.1 Å². The quantitative estimate of drug-likeness (QED) is 0.352. The molecule has 0 fully saturated rings. The van der Waals surface area contributed by atoms with Gasteiger partial charge in [0, 0.05) is 10.6 Å². The van der Waals surface area contributed by atoms with Crippen LogP contribution in [0.2, 0.25) is 5.02 Å². The number of rotatable bonds is 5. The maximum atomic E-state index is 13.2. The van der Waals surface area contributed by atoms with Crippen molar-refractivity contribution in [3.63, 3.8) is 0 Å². The molecule has 138 valence electrons. The van der Waals surface area contributed by atoms with Crippen molar-refractivity contribution in [2.75, 3.05) is 6.61 Å². The number of alkyl halides is 3. The van der Waals surface area contributed by atoms with Gasteiger partial charge in [-0.25, -0.2) is 9.59 Å². The molecule has 7 nitrogen and oxygen atoms in total. The van der Waals surface area contributed by atoms with Gasteiger partial charge in [0.25, 0.3) is 0 Å². The second kappa shape index (κ2) is 7.56. The zero-order valence-corrected chi connectivity index (χ0v) is 13.9. The number of H-pyrrole nitrogens is 1. The van der Waals surface area contributed by atoms with E-state index in [0.717, 1.165) is 0 Å². The van der Waals surface area contributed by atoms with E-state index >= 15 is 0 Å². The highest BCUT2D eigenvalue weighted by molar-refractivity contribution is 6.30. The van der Waals surface area contributed by atoms with E-state index in [9.17, 15) is 27.9 Å². The van der Waals surface area contributed by atoms with Gasteiger partial charge in [0.2, 0.25) is 0 Å². The Labute approximate surface area is 149 Å². The van der Waals surface area contributed by atoms with Crippen molar-refractivity contribution in [1.82, 2.24) is 15.4 Å². The first-order valence-electron chi connectivity index (χ1n) is 7.05. The number of carboxylic acids is 1. The second-order valence-corrected chi connectivity index (χ2v) is 5.24. The average molecular weight is 390 g/mol. The molecule has 0 unspecified atom stereocenters. The predicted molar refractivity (Wildman–Crippen MR) is 83.1 cm³/mol. The van der Waals surface area contributed by atoms with Crippen LogP contribution in [0.3, 0.4) is 0 Å². The van der Waals surface area contributed by atoms with E-state index in [1.54, 1.807) is 5.21 Å². The minimum absolute atomic E-state index is 0.0285. The lowest BCUT2D eigenvalue weighted by atomic mass is 9.95. The Morgan fingerprint density at radius 1 is 1.23 bits per heavy atom. The van der Waals surface area contributed by atoms with Crippen LogP contribution >= 0.6 is 11.6 Å². The van der Waals surface area contributed by atoms with E-state index in [-0.39, 0.29) is 17.2 Å². The first-order chi connectivity index (χ1) is 12.2. The summed E-state index contributed by atoms with van der Waals surface area (Å²) in [5.74, 6) is -3.08. The van der Waals surface area contributed by atoms with Gasteiger partial charge in [0.05, 0.1) is 6.61 Å². The number of nitrogens with zero attached hydrogens (tertiary/aromatic N) is 2. The van der Waals surface area contributed by atoms with E-state index in [2.05, 4.69) is 14.9 Å². The molecule has 0 spiro atoms. The lowest BCUT2D eigenvalue weighted by Gasteiger charge is -2.13. The minimum atomic E-state index is -4.93.